The summed E-state index contributed by atoms with van der Waals surface area (Å²) >= 11 is 0. The van der Waals surface area contributed by atoms with Crippen molar-refractivity contribution in [3.8, 4) is 11.5 Å². The molecule has 2 aromatic rings. The van der Waals surface area contributed by atoms with Gasteiger partial charge in [-0.3, -0.25) is 4.79 Å². The number of aromatic nitrogens is 2. The van der Waals surface area contributed by atoms with Crippen LogP contribution in [0.3, 0.4) is 0 Å². The minimum atomic E-state index is -4.77. The normalized spacial score (nSPS) is 22.1. The first-order valence-electron chi connectivity index (χ1n) is 13.4. The number of hydrogen-bond acceptors (Lipinski definition) is 9. The topological polar surface area (TPSA) is 98.3 Å². The van der Waals surface area contributed by atoms with E-state index in [0.717, 1.165) is 24.8 Å². The van der Waals surface area contributed by atoms with E-state index in [0.29, 0.717) is 50.7 Å². The Kier molecular flexibility index (Phi) is 8.62. The van der Waals surface area contributed by atoms with Crippen molar-refractivity contribution in [2.75, 3.05) is 52.0 Å². The van der Waals surface area contributed by atoms with Crippen molar-refractivity contribution < 1.29 is 36.9 Å². The van der Waals surface area contributed by atoms with Gasteiger partial charge in [-0.1, -0.05) is 6.07 Å². The number of amides is 1. The van der Waals surface area contributed by atoms with E-state index < -0.39 is 6.36 Å². The quantitative estimate of drug-likeness (QED) is 0.544. The molecule has 218 valence electrons. The Labute approximate surface area is 230 Å². The number of alkyl halides is 3. The lowest BCUT2D eigenvalue weighted by atomic mass is 9.99. The smallest absolute Gasteiger partial charge is 0.491 e. The zero-order valence-electron chi connectivity index (χ0n) is 22.6. The molecule has 13 heteroatoms. The molecule has 0 radical (unpaired) electrons. The molecule has 10 nitrogen and oxygen atoms in total. The van der Waals surface area contributed by atoms with E-state index in [4.69, 9.17) is 14.2 Å². The number of methoxy groups -OCH3 is 2. The highest BCUT2D eigenvalue weighted by Gasteiger charge is 2.34. The minimum Gasteiger partial charge on any atom is -0.491 e. The van der Waals surface area contributed by atoms with Gasteiger partial charge in [-0.15, -0.1) is 13.2 Å². The highest BCUT2D eigenvalue weighted by Crippen LogP contribution is 2.34. The van der Waals surface area contributed by atoms with Crippen LogP contribution in [0.15, 0.2) is 24.5 Å². The summed E-state index contributed by atoms with van der Waals surface area (Å²) in [4.78, 5) is 25.9. The number of likely N-dealkylation sites (tertiary alicyclic amines) is 1. The summed E-state index contributed by atoms with van der Waals surface area (Å²) in [5, 5.41) is 3.69. The number of piperidine rings is 1. The molecule has 0 aliphatic carbocycles. The summed E-state index contributed by atoms with van der Waals surface area (Å²) in [7, 11) is 3.16. The van der Waals surface area contributed by atoms with E-state index in [1.165, 1.54) is 25.6 Å². The minimum absolute atomic E-state index is 0.0163. The second-order valence-corrected chi connectivity index (χ2v) is 10.2. The third kappa shape index (κ3) is 6.42. The average Bonchev–Trinajstić information content (AvgIpc) is 2.96. The lowest BCUT2D eigenvalue weighted by Crippen LogP contribution is -2.54. The van der Waals surface area contributed by atoms with Gasteiger partial charge in [0, 0.05) is 52.0 Å². The Hall–Kier alpha value is -3.16. The lowest BCUT2D eigenvalue weighted by Gasteiger charge is -2.38. The van der Waals surface area contributed by atoms with Crippen LogP contribution in [0.25, 0.3) is 0 Å². The van der Waals surface area contributed by atoms with Crippen LogP contribution in [0.1, 0.15) is 40.9 Å². The molecule has 0 spiro atoms. The molecule has 1 aromatic carbocycles. The van der Waals surface area contributed by atoms with Gasteiger partial charge < -0.3 is 34.1 Å². The molecular weight excluding hydrogens is 531 g/mol. The molecule has 1 N–H and O–H groups in total. The van der Waals surface area contributed by atoms with Crippen LogP contribution >= 0.6 is 0 Å². The number of rotatable bonds is 7. The summed E-state index contributed by atoms with van der Waals surface area (Å²) in [6, 6.07) is 4.86. The highest BCUT2D eigenvalue weighted by molar-refractivity contribution is 5.96. The monoisotopic (exact) mass is 565 g/mol. The zero-order valence-corrected chi connectivity index (χ0v) is 22.6. The number of fused-ring (bicyclic) bond motifs is 1. The Morgan fingerprint density at radius 1 is 1.10 bits per heavy atom. The third-order valence-corrected chi connectivity index (χ3v) is 7.75. The fourth-order valence-electron chi connectivity index (χ4n) is 5.68. The van der Waals surface area contributed by atoms with Crippen molar-refractivity contribution in [3.05, 3.63) is 41.3 Å². The molecule has 1 unspecified atom stereocenters. The van der Waals surface area contributed by atoms with E-state index in [1.807, 2.05) is 4.90 Å². The number of halogens is 3. The molecule has 2 fully saturated rings. The highest BCUT2D eigenvalue weighted by atomic mass is 19.4. The number of carbonyl (C=O) groups is 1. The van der Waals surface area contributed by atoms with Gasteiger partial charge in [0.1, 0.15) is 12.1 Å². The number of nitrogens with one attached hydrogen (secondary N) is 1. The van der Waals surface area contributed by atoms with Crippen LogP contribution in [0, 0.1) is 0 Å². The van der Waals surface area contributed by atoms with Gasteiger partial charge in [-0.25, -0.2) is 9.97 Å². The molecule has 2 atom stereocenters. The Balaban J connectivity index is 1.26. The maximum absolute atomic E-state index is 13.5. The first-order valence-corrected chi connectivity index (χ1v) is 13.4. The van der Waals surface area contributed by atoms with Crippen LogP contribution < -0.4 is 19.7 Å². The number of anilines is 1. The zero-order chi connectivity index (χ0) is 28.3. The molecule has 0 bridgehead atoms. The van der Waals surface area contributed by atoms with E-state index in [9.17, 15) is 18.0 Å². The van der Waals surface area contributed by atoms with Gasteiger partial charge in [0.05, 0.1) is 19.8 Å². The summed E-state index contributed by atoms with van der Waals surface area (Å²) < 4.78 is 59.0. The predicted molar refractivity (Wildman–Crippen MR) is 139 cm³/mol. The molecule has 3 aliphatic heterocycles. The van der Waals surface area contributed by atoms with Crippen molar-refractivity contribution in [1.82, 2.24) is 20.2 Å². The number of benzene rings is 1. The largest absolute Gasteiger partial charge is 0.573 e. The lowest BCUT2D eigenvalue weighted by molar-refractivity contribution is -0.274. The standard InChI is InChI=1S/C27H34F3N5O5/c1-37-22-15-39-12-8-21(22)33-19-6-10-34(11-7-19)26(36)23-24(38-2)25(32-16-31-23)35-9-5-17-3-4-20(13-18(17)14-35)40-27(28,29)30/h3-4,13,16,19,21-22,33H,5-12,14-15H2,1-2H3/t21?,22-/m0/s1. The number of nitrogens with zero attached hydrogens (tertiary/aromatic N) is 4. The Morgan fingerprint density at radius 2 is 1.90 bits per heavy atom. The molecule has 2 saturated heterocycles. The number of hydrogen-bond donors (Lipinski definition) is 1. The van der Waals surface area contributed by atoms with Crippen LogP contribution in [-0.2, 0) is 22.4 Å². The van der Waals surface area contributed by atoms with Gasteiger partial charge in [0.25, 0.3) is 5.91 Å². The van der Waals surface area contributed by atoms with Crippen LogP contribution in [0.4, 0.5) is 19.0 Å². The summed E-state index contributed by atoms with van der Waals surface area (Å²) in [6.45, 7) is 3.26. The van der Waals surface area contributed by atoms with E-state index in [2.05, 4.69) is 20.0 Å². The third-order valence-electron chi connectivity index (χ3n) is 7.75. The molecule has 0 saturated carbocycles. The first kappa shape index (κ1) is 28.4. The molecule has 1 amide bonds. The fourth-order valence-corrected chi connectivity index (χ4v) is 5.68. The maximum Gasteiger partial charge on any atom is 0.573 e. The summed E-state index contributed by atoms with van der Waals surface area (Å²) in [5.41, 5.74) is 1.79. The summed E-state index contributed by atoms with van der Waals surface area (Å²) in [6.07, 6.45) is -0.353. The Bertz CT molecular complexity index is 1190. The number of carbonyl (C=O) groups excluding carboxylic acids is 1. The van der Waals surface area contributed by atoms with Gasteiger partial charge in [0.2, 0.25) is 0 Å². The van der Waals surface area contributed by atoms with Crippen molar-refractivity contribution in [3.63, 3.8) is 0 Å². The summed E-state index contributed by atoms with van der Waals surface area (Å²) in [5.74, 6) is 0.170. The van der Waals surface area contributed by atoms with E-state index >= 15 is 0 Å². The second kappa shape index (κ2) is 12.1. The maximum atomic E-state index is 13.5. The van der Waals surface area contributed by atoms with Crippen molar-refractivity contribution in [2.45, 2.75) is 56.8 Å². The van der Waals surface area contributed by atoms with Gasteiger partial charge in [-0.2, -0.15) is 0 Å². The average molecular weight is 566 g/mol. The van der Waals surface area contributed by atoms with E-state index in [-0.39, 0.29) is 47.8 Å². The molecule has 40 heavy (non-hydrogen) atoms. The predicted octanol–water partition coefficient (Wildman–Crippen LogP) is 2.94. The van der Waals surface area contributed by atoms with Gasteiger partial charge in [0.15, 0.2) is 17.3 Å². The van der Waals surface area contributed by atoms with Gasteiger partial charge >= 0.3 is 6.36 Å². The van der Waals surface area contributed by atoms with Gasteiger partial charge in [-0.05, 0) is 48.9 Å². The van der Waals surface area contributed by atoms with Crippen molar-refractivity contribution in [1.29, 1.82) is 0 Å². The van der Waals surface area contributed by atoms with Crippen LogP contribution in [0.2, 0.25) is 0 Å². The van der Waals surface area contributed by atoms with Crippen molar-refractivity contribution in [2.24, 2.45) is 0 Å². The molecule has 5 rings (SSSR count). The fraction of sp³-hybridized carbons (Fsp3) is 0.593. The molecular formula is C27H34F3N5O5. The van der Waals surface area contributed by atoms with E-state index in [1.54, 1.807) is 18.1 Å². The van der Waals surface area contributed by atoms with Crippen LogP contribution in [-0.4, -0.2) is 92.4 Å². The molecule has 4 heterocycles. The molecule has 3 aliphatic rings. The SMILES string of the molecule is COc1c(C(=O)N2CCC(NC3CCOC[C@@H]3OC)CC2)ncnc1N1CCc2ccc(OC(F)(F)F)cc2C1. The second-order valence-electron chi connectivity index (χ2n) is 10.2. The van der Waals surface area contributed by atoms with Crippen molar-refractivity contribution >= 4 is 11.7 Å². The van der Waals surface area contributed by atoms with Crippen LogP contribution in [0.5, 0.6) is 11.5 Å². The molecule has 1 aromatic heterocycles. The number of ether oxygens (including phenoxy) is 4. The Morgan fingerprint density at radius 3 is 2.62 bits per heavy atom. The first-order chi connectivity index (χ1) is 19.3.